The van der Waals surface area contributed by atoms with Gasteiger partial charge in [-0.15, -0.1) is 0 Å². The molecule has 0 saturated heterocycles. The molecule has 0 aromatic heterocycles. The molecule has 0 aromatic carbocycles. The van der Waals surface area contributed by atoms with Gasteiger partial charge in [-0.3, -0.25) is 4.79 Å². The van der Waals surface area contributed by atoms with E-state index >= 15 is 0 Å². The Kier molecular flexibility index (Phi) is 4.12. The van der Waals surface area contributed by atoms with Crippen LogP contribution in [0.25, 0.3) is 0 Å². The largest absolute Gasteiger partial charge is 0.392 e. The van der Waals surface area contributed by atoms with Crippen molar-refractivity contribution in [2.45, 2.75) is 37.9 Å². The number of thiocarbonyl (C=S) groups is 1. The lowest BCUT2D eigenvalue weighted by Crippen LogP contribution is -2.45. The Labute approximate surface area is 96.6 Å². The molecule has 1 rings (SSSR count). The summed E-state index contributed by atoms with van der Waals surface area (Å²) in [7, 11) is 0. The summed E-state index contributed by atoms with van der Waals surface area (Å²) in [6.07, 6.45) is -4.19. The molecule has 0 bridgehead atoms. The van der Waals surface area contributed by atoms with Gasteiger partial charge in [-0.05, 0) is 18.8 Å². The Morgan fingerprint density at radius 1 is 1.50 bits per heavy atom. The fourth-order valence-electron chi connectivity index (χ4n) is 1.35. The molecule has 16 heavy (non-hydrogen) atoms. The van der Waals surface area contributed by atoms with Gasteiger partial charge in [-0.25, -0.2) is 0 Å². The lowest BCUT2D eigenvalue weighted by atomic mass is 10.1. The van der Waals surface area contributed by atoms with Crippen LogP contribution in [0.3, 0.4) is 0 Å². The van der Waals surface area contributed by atoms with Gasteiger partial charge in [-0.1, -0.05) is 12.2 Å². The van der Waals surface area contributed by atoms with Crippen molar-refractivity contribution in [1.29, 1.82) is 0 Å². The smallest absolute Gasteiger partial charge is 0.389 e. The predicted octanol–water partition coefficient (Wildman–Crippen LogP) is 1.51. The van der Waals surface area contributed by atoms with Crippen LogP contribution < -0.4 is 11.1 Å². The number of hydrogen-bond donors (Lipinski definition) is 2. The maximum atomic E-state index is 11.9. The van der Waals surface area contributed by atoms with Crippen molar-refractivity contribution in [3.05, 3.63) is 0 Å². The number of amides is 1. The molecule has 3 N–H and O–H groups in total. The van der Waals surface area contributed by atoms with Gasteiger partial charge in [0.25, 0.3) is 0 Å². The number of nitrogens with two attached hydrogens (primary N) is 1. The molecule has 0 aromatic rings. The highest BCUT2D eigenvalue weighted by Gasteiger charge is 2.35. The summed E-state index contributed by atoms with van der Waals surface area (Å²) in [5, 5.41) is 2.45. The second-order valence-electron chi connectivity index (χ2n) is 3.90. The molecule has 0 radical (unpaired) electrons. The SMILES string of the molecule is NC(=S)C(NC(=O)CCC(F)(F)F)C1CC1. The Bertz CT molecular complexity index is 289. The first-order valence-corrected chi connectivity index (χ1v) is 5.36. The van der Waals surface area contributed by atoms with Crippen LogP contribution in [0.1, 0.15) is 25.7 Å². The van der Waals surface area contributed by atoms with E-state index in [-0.39, 0.29) is 10.9 Å². The van der Waals surface area contributed by atoms with Crippen molar-refractivity contribution in [2.24, 2.45) is 11.7 Å². The van der Waals surface area contributed by atoms with E-state index in [4.69, 9.17) is 18.0 Å². The zero-order valence-electron chi connectivity index (χ0n) is 8.51. The molecule has 3 nitrogen and oxygen atoms in total. The molecule has 1 atom stereocenters. The number of nitrogens with one attached hydrogen (secondary N) is 1. The highest BCUT2D eigenvalue weighted by molar-refractivity contribution is 7.80. The Hall–Kier alpha value is -0.850. The third-order valence-corrected chi connectivity index (χ3v) is 2.61. The van der Waals surface area contributed by atoms with Crippen LogP contribution in [0.4, 0.5) is 13.2 Å². The van der Waals surface area contributed by atoms with Crippen molar-refractivity contribution in [3.8, 4) is 0 Å². The van der Waals surface area contributed by atoms with Gasteiger partial charge in [-0.2, -0.15) is 13.2 Å². The number of alkyl halides is 3. The average Bonchev–Trinajstić information content (AvgIpc) is 2.92. The number of rotatable bonds is 5. The van der Waals surface area contributed by atoms with E-state index in [1.807, 2.05) is 0 Å². The summed E-state index contributed by atoms with van der Waals surface area (Å²) in [5.41, 5.74) is 5.40. The minimum absolute atomic E-state index is 0.142. The van der Waals surface area contributed by atoms with E-state index in [2.05, 4.69) is 5.32 Å². The first-order valence-electron chi connectivity index (χ1n) is 4.95. The van der Waals surface area contributed by atoms with E-state index in [1.54, 1.807) is 0 Å². The second-order valence-corrected chi connectivity index (χ2v) is 4.37. The van der Waals surface area contributed by atoms with Crippen molar-refractivity contribution < 1.29 is 18.0 Å². The molecule has 1 saturated carbocycles. The minimum atomic E-state index is -4.31. The predicted molar refractivity (Wildman–Crippen MR) is 56.7 cm³/mol. The van der Waals surface area contributed by atoms with Gasteiger partial charge >= 0.3 is 6.18 Å². The van der Waals surface area contributed by atoms with Crippen molar-refractivity contribution in [2.75, 3.05) is 0 Å². The van der Waals surface area contributed by atoms with Gasteiger partial charge in [0.1, 0.15) is 0 Å². The Balaban J connectivity index is 2.34. The summed E-state index contributed by atoms with van der Waals surface area (Å²) in [4.78, 5) is 11.4. The van der Waals surface area contributed by atoms with Crippen molar-refractivity contribution >= 4 is 23.1 Å². The standard InChI is InChI=1S/C9H13F3N2OS/c10-9(11,12)4-3-6(15)14-7(8(13)16)5-1-2-5/h5,7H,1-4H2,(H2,13,16)(H,14,15). The van der Waals surface area contributed by atoms with Gasteiger partial charge in [0.05, 0.1) is 17.5 Å². The minimum Gasteiger partial charge on any atom is -0.392 e. The zero-order chi connectivity index (χ0) is 12.3. The molecule has 1 fully saturated rings. The second kappa shape index (κ2) is 4.99. The van der Waals surface area contributed by atoms with E-state index in [1.165, 1.54) is 0 Å². The molecule has 1 aliphatic carbocycles. The van der Waals surface area contributed by atoms with Gasteiger partial charge in [0, 0.05) is 6.42 Å². The quantitative estimate of drug-likeness (QED) is 0.731. The maximum Gasteiger partial charge on any atom is 0.389 e. The average molecular weight is 254 g/mol. The summed E-state index contributed by atoms with van der Waals surface area (Å²) in [6, 6.07) is -0.448. The fourth-order valence-corrected chi connectivity index (χ4v) is 1.60. The van der Waals surface area contributed by atoms with Gasteiger partial charge in [0.15, 0.2) is 0 Å². The van der Waals surface area contributed by atoms with Crippen LogP contribution in [-0.2, 0) is 4.79 Å². The highest BCUT2D eigenvalue weighted by Crippen LogP contribution is 2.33. The van der Waals surface area contributed by atoms with E-state index in [9.17, 15) is 18.0 Å². The van der Waals surface area contributed by atoms with E-state index < -0.39 is 31.0 Å². The number of hydrogen-bond acceptors (Lipinski definition) is 2. The molecule has 1 amide bonds. The van der Waals surface area contributed by atoms with Gasteiger partial charge < -0.3 is 11.1 Å². The molecule has 0 heterocycles. The molecule has 7 heteroatoms. The molecule has 0 spiro atoms. The van der Waals surface area contributed by atoms with Crippen LogP contribution in [0, 0.1) is 5.92 Å². The monoisotopic (exact) mass is 254 g/mol. The van der Waals surface area contributed by atoms with Crippen molar-refractivity contribution in [3.63, 3.8) is 0 Å². The Morgan fingerprint density at radius 2 is 2.06 bits per heavy atom. The highest BCUT2D eigenvalue weighted by atomic mass is 32.1. The molecule has 92 valence electrons. The summed E-state index contributed by atoms with van der Waals surface area (Å²) >= 11 is 4.75. The van der Waals surface area contributed by atoms with Crippen LogP contribution in [0.15, 0.2) is 0 Å². The normalized spacial score (nSPS) is 17.9. The molecular formula is C9H13F3N2OS. The first kappa shape index (κ1) is 13.2. The third-order valence-electron chi connectivity index (χ3n) is 2.35. The topological polar surface area (TPSA) is 55.1 Å². The zero-order valence-corrected chi connectivity index (χ0v) is 9.33. The van der Waals surface area contributed by atoms with Crippen molar-refractivity contribution in [1.82, 2.24) is 5.32 Å². The fraction of sp³-hybridized carbons (Fsp3) is 0.778. The number of halogens is 3. The summed E-state index contributed by atoms with van der Waals surface area (Å²) in [5.74, 6) is -0.450. The third kappa shape index (κ3) is 4.78. The van der Waals surface area contributed by atoms with E-state index in [0.717, 1.165) is 12.8 Å². The lowest BCUT2D eigenvalue weighted by Gasteiger charge is -2.16. The molecule has 1 unspecified atom stereocenters. The van der Waals surface area contributed by atoms with Crippen LogP contribution in [0.5, 0.6) is 0 Å². The molecular weight excluding hydrogens is 241 g/mol. The molecule has 1 aliphatic rings. The van der Waals surface area contributed by atoms with E-state index in [0.29, 0.717) is 0 Å². The maximum absolute atomic E-state index is 11.9. The first-order chi connectivity index (χ1) is 7.29. The number of carbonyl (C=O) groups excluding carboxylic acids is 1. The van der Waals surface area contributed by atoms with Gasteiger partial charge in [0.2, 0.25) is 5.91 Å². The summed E-state index contributed by atoms with van der Waals surface area (Å²) in [6.45, 7) is 0. The van der Waals surface area contributed by atoms with Crippen LogP contribution in [-0.4, -0.2) is 23.1 Å². The van der Waals surface area contributed by atoms with Crippen LogP contribution >= 0.6 is 12.2 Å². The Morgan fingerprint density at radius 3 is 2.44 bits per heavy atom. The summed E-state index contributed by atoms with van der Waals surface area (Å²) < 4.78 is 35.6. The molecule has 0 aliphatic heterocycles. The van der Waals surface area contributed by atoms with Crippen LogP contribution in [0.2, 0.25) is 0 Å². The number of carbonyl (C=O) groups is 1. The lowest BCUT2D eigenvalue weighted by molar-refractivity contribution is -0.144.